The highest BCUT2D eigenvalue weighted by Crippen LogP contribution is 2.20. The van der Waals surface area contributed by atoms with Crippen LogP contribution in [0.25, 0.3) is 0 Å². The van der Waals surface area contributed by atoms with Gasteiger partial charge in [-0.25, -0.2) is 0 Å². The Kier molecular flexibility index (Phi) is 6.83. The maximum Gasteiger partial charge on any atom is 0.257 e. The Balaban J connectivity index is 1.85. The first-order chi connectivity index (χ1) is 11.2. The molecule has 1 N–H and O–H groups in total. The van der Waals surface area contributed by atoms with Gasteiger partial charge in [-0.15, -0.1) is 0 Å². The molecule has 0 spiro atoms. The van der Waals surface area contributed by atoms with Crippen LogP contribution < -0.4 is 4.74 Å². The molecule has 1 atom stereocenters. The van der Waals surface area contributed by atoms with Gasteiger partial charge < -0.3 is 19.5 Å². The molecule has 23 heavy (non-hydrogen) atoms. The van der Waals surface area contributed by atoms with E-state index < -0.39 is 6.10 Å². The zero-order valence-corrected chi connectivity index (χ0v) is 13.9. The van der Waals surface area contributed by atoms with E-state index >= 15 is 0 Å². The van der Waals surface area contributed by atoms with E-state index in [1.54, 1.807) is 19.2 Å². The van der Waals surface area contributed by atoms with Crippen LogP contribution in [0.2, 0.25) is 0 Å². The van der Waals surface area contributed by atoms with Crippen LogP contribution in [-0.4, -0.2) is 80.0 Å². The predicted octanol–water partition coefficient (Wildman–Crippen LogP) is 0.850. The number of carbonyl (C=O) groups excluding carboxylic acids is 1. The minimum Gasteiger partial charge on any atom is -0.496 e. The van der Waals surface area contributed by atoms with Crippen molar-refractivity contribution >= 4 is 5.91 Å². The number of piperazine rings is 1. The highest BCUT2D eigenvalue weighted by molar-refractivity contribution is 5.97. The zero-order valence-electron chi connectivity index (χ0n) is 13.9. The van der Waals surface area contributed by atoms with E-state index in [1.807, 2.05) is 24.0 Å². The zero-order chi connectivity index (χ0) is 16.7. The van der Waals surface area contributed by atoms with Crippen molar-refractivity contribution in [3.05, 3.63) is 29.8 Å². The molecule has 0 radical (unpaired) electrons. The average Bonchev–Trinajstić information content (AvgIpc) is 2.60. The summed E-state index contributed by atoms with van der Waals surface area (Å²) in [5.74, 6) is 0.601. The van der Waals surface area contributed by atoms with Crippen molar-refractivity contribution in [2.45, 2.75) is 13.0 Å². The molecule has 1 aliphatic rings. The second kappa shape index (κ2) is 8.86. The number of aliphatic hydroxyl groups excluding tert-OH is 1. The lowest BCUT2D eigenvalue weighted by Crippen LogP contribution is -2.50. The van der Waals surface area contributed by atoms with Crippen molar-refractivity contribution in [2.75, 3.05) is 53.0 Å². The number of amides is 1. The van der Waals surface area contributed by atoms with Crippen molar-refractivity contribution in [2.24, 2.45) is 0 Å². The molecular formula is C17H26N2O4. The Morgan fingerprint density at radius 3 is 2.61 bits per heavy atom. The van der Waals surface area contributed by atoms with E-state index in [0.29, 0.717) is 44.2 Å². The van der Waals surface area contributed by atoms with E-state index in [0.717, 1.165) is 13.1 Å². The van der Waals surface area contributed by atoms with Crippen LogP contribution in [0.3, 0.4) is 0 Å². The standard InChI is InChI=1S/C17H26N2O4/c1-3-23-13-14(20)12-18-8-10-19(11-9-18)17(21)15-6-4-5-7-16(15)22-2/h4-7,14,20H,3,8-13H2,1-2H3/t14-/m0/s1. The minimum absolute atomic E-state index is 0.00281. The fraction of sp³-hybridized carbons (Fsp3) is 0.588. The van der Waals surface area contributed by atoms with Crippen molar-refractivity contribution in [1.82, 2.24) is 9.80 Å². The van der Waals surface area contributed by atoms with Crippen LogP contribution in [0.15, 0.2) is 24.3 Å². The normalized spacial score (nSPS) is 17.1. The summed E-state index contributed by atoms with van der Waals surface area (Å²) in [5, 5.41) is 9.89. The Bertz CT molecular complexity index is 501. The third kappa shape index (κ3) is 4.92. The molecule has 6 heteroatoms. The van der Waals surface area contributed by atoms with Gasteiger partial charge in [-0.3, -0.25) is 9.69 Å². The number of hydrogen-bond donors (Lipinski definition) is 1. The molecule has 1 saturated heterocycles. The largest absolute Gasteiger partial charge is 0.496 e. The molecule has 1 aliphatic heterocycles. The molecule has 6 nitrogen and oxygen atoms in total. The van der Waals surface area contributed by atoms with Gasteiger partial charge in [-0.1, -0.05) is 12.1 Å². The topological polar surface area (TPSA) is 62.2 Å². The molecule has 0 unspecified atom stereocenters. The third-order valence-electron chi connectivity index (χ3n) is 3.98. The Morgan fingerprint density at radius 2 is 1.96 bits per heavy atom. The van der Waals surface area contributed by atoms with E-state index in [4.69, 9.17) is 9.47 Å². The smallest absolute Gasteiger partial charge is 0.257 e. The second-order valence-electron chi connectivity index (χ2n) is 5.61. The third-order valence-corrected chi connectivity index (χ3v) is 3.98. The van der Waals surface area contributed by atoms with Crippen molar-refractivity contribution < 1.29 is 19.4 Å². The number of rotatable bonds is 7. The second-order valence-corrected chi connectivity index (χ2v) is 5.61. The average molecular weight is 322 g/mol. The Labute approximate surface area is 137 Å². The summed E-state index contributed by atoms with van der Waals surface area (Å²) in [6, 6.07) is 7.29. The fourth-order valence-electron chi connectivity index (χ4n) is 2.73. The molecule has 0 aromatic heterocycles. The predicted molar refractivity (Wildman–Crippen MR) is 87.8 cm³/mol. The molecule has 0 saturated carbocycles. The highest BCUT2D eigenvalue weighted by Gasteiger charge is 2.24. The minimum atomic E-state index is -0.480. The first-order valence-electron chi connectivity index (χ1n) is 8.06. The maximum absolute atomic E-state index is 12.6. The summed E-state index contributed by atoms with van der Waals surface area (Å²) in [6.45, 7) is 6.27. The summed E-state index contributed by atoms with van der Waals surface area (Å²) in [5.41, 5.74) is 0.597. The quantitative estimate of drug-likeness (QED) is 0.806. The molecule has 128 valence electrons. The number of para-hydroxylation sites is 1. The number of hydrogen-bond acceptors (Lipinski definition) is 5. The lowest BCUT2D eigenvalue weighted by molar-refractivity contribution is 0.0111. The van der Waals surface area contributed by atoms with Gasteiger partial charge in [0.15, 0.2) is 0 Å². The van der Waals surface area contributed by atoms with Crippen LogP contribution in [0.4, 0.5) is 0 Å². The first-order valence-corrected chi connectivity index (χ1v) is 8.06. The van der Waals surface area contributed by atoms with Gasteiger partial charge >= 0.3 is 0 Å². The van der Waals surface area contributed by atoms with Gasteiger partial charge in [0, 0.05) is 39.3 Å². The molecule has 1 heterocycles. The first kappa shape index (κ1) is 17.7. The Hall–Kier alpha value is -1.63. The molecular weight excluding hydrogens is 296 g/mol. The van der Waals surface area contributed by atoms with E-state index in [1.165, 1.54) is 0 Å². The van der Waals surface area contributed by atoms with Crippen LogP contribution in [0, 0.1) is 0 Å². The van der Waals surface area contributed by atoms with Gasteiger partial charge in [0.25, 0.3) is 5.91 Å². The van der Waals surface area contributed by atoms with Gasteiger partial charge in [0.05, 0.1) is 25.4 Å². The number of benzene rings is 1. The monoisotopic (exact) mass is 322 g/mol. The van der Waals surface area contributed by atoms with Crippen molar-refractivity contribution in [3.63, 3.8) is 0 Å². The molecule has 0 bridgehead atoms. The van der Waals surface area contributed by atoms with Crippen LogP contribution in [-0.2, 0) is 4.74 Å². The SMILES string of the molecule is CCOC[C@@H](O)CN1CCN(C(=O)c2ccccc2OC)CC1. The van der Waals surface area contributed by atoms with E-state index in [2.05, 4.69) is 4.90 Å². The van der Waals surface area contributed by atoms with Crippen LogP contribution in [0.1, 0.15) is 17.3 Å². The highest BCUT2D eigenvalue weighted by atomic mass is 16.5. The van der Waals surface area contributed by atoms with Crippen molar-refractivity contribution in [1.29, 1.82) is 0 Å². The van der Waals surface area contributed by atoms with Gasteiger partial charge in [0.2, 0.25) is 0 Å². The van der Waals surface area contributed by atoms with Crippen molar-refractivity contribution in [3.8, 4) is 5.75 Å². The molecule has 1 fully saturated rings. The van der Waals surface area contributed by atoms with Crippen LogP contribution in [0.5, 0.6) is 5.75 Å². The number of methoxy groups -OCH3 is 1. The lowest BCUT2D eigenvalue weighted by Gasteiger charge is -2.35. The number of ether oxygens (including phenoxy) is 2. The number of carbonyl (C=O) groups is 1. The summed E-state index contributed by atoms with van der Waals surface area (Å²) >= 11 is 0. The summed E-state index contributed by atoms with van der Waals surface area (Å²) < 4.78 is 10.5. The van der Waals surface area contributed by atoms with E-state index in [-0.39, 0.29) is 5.91 Å². The summed E-state index contributed by atoms with van der Waals surface area (Å²) in [6.07, 6.45) is -0.480. The summed E-state index contributed by atoms with van der Waals surface area (Å²) in [4.78, 5) is 16.6. The summed E-state index contributed by atoms with van der Waals surface area (Å²) in [7, 11) is 1.57. The molecule has 0 aliphatic carbocycles. The number of aliphatic hydroxyl groups is 1. The molecule has 1 amide bonds. The number of β-amino-alcohol motifs (C(OH)–C–C–N with tert-alkyl or cyclic N) is 1. The Morgan fingerprint density at radius 1 is 1.26 bits per heavy atom. The molecule has 1 aromatic rings. The van der Waals surface area contributed by atoms with Gasteiger partial charge in [0.1, 0.15) is 5.75 Å². The van der Waals surface area contributed by atoms with Crippen LogP contribution >= 0.6 is 0 Å². The fourth-order valence-corrected chi connectivity index (χ4v) is 2.73. The lowest BCUT2D eigenvalue weighted by atomic mass is 10.1. The van der Waals surface area contributed by atoms with Gasteiger partial charge in [-0.05, 0) is 19.1 Å². The molecule has 1 aromatic carbocycles. The molecule has 2 rings (SSSR count). The number of nitrogens with zero attached hydrogens (tertiary/aromatic N) is 2. The van der Waals surface area contributed by atoms with Gasteiger partial charge in [-0.2, -0.15) is 0 Å². The van der Waals surface area contributed by atoms with E-state index in [9.17, 15) is 9.90 Å². The maximum atomic E-state index is 12.6.